The summed E-state index contributed by atoms with van der Waals surface area (Å²) in [5.74, 6) is 0.962. The second kappa shape index (κ2) is 9.52. The van der Waals surface area contributed by atoms with E-state index in [1.807, 2.05) is 0 Å². The molecule has 2 atom stereocenters. The highest BCUT2D eigenvalue weighted by molar-refractivity contribution is 5.77. The molecule has 0 amide bonds. The van der Waals surface area contributed by atoms with E-state index in [0.717, 1.165) is 0 Å². The minimum Gasteiger partial charge on any atom is -0.493 e. The lowest BCUT2D eigenvalue weighted by molar-refractivity contribution is -0.169. The molecule has 2 aromatic carbocycles. The molecule has 1 N–H and O–H groups in total. The van der Waals surface area contributed by atoms with Crippen molar-refractivity contribution in [2.24, 2.45) is 0 Å². The number of para-hydroxylation sites is 2. The van der Waals surface area contributed by atoms with Crippen molar-refractivity contribution in [3.63, 3.8) is 0 Å². The van der Waals surface area contributed by atoms with E-state index in [2.05, 4.69) is 0 Å². The van der Waals surface area contributed by atoms with Crippen LogP contribution in [0.5, 0.6) is 23.0 Å². The van der Waals surface area contributed by atoms with E-state index in [-0.39, 0.29) is 0 Å². The van der Waals surface area contributed by atoms with Gasteiger partial charge in [-0.15, -0.1) is 0 Å². The Hall–Kier alpha value is -2.93. The maximum absolute atomic E-state index is 12.9. The summed E-state index contributed by atoms with van der Waals surface area (Å²) >= 11 is 0. The summed E-state index contributed by atoms with van der Waals surface area (Å²) in [6, 6.07) is 11.7. The molecule has 0 bridgehead atoms. The molecule has 7 nitrogen and oxygen atoms in total. The van der Waals surface area contributed by atoms with Crippen molar-refractivity contribution in [1.29, 1.82) is 0 Å². The van der Waals surface area contributed by atoms with E-state index in [9.17, 15) is 9.90 Å². The zero-order valence-corrected chi connectivity index (χ0v) is 17.6. The molecular formula is C22H28O7. The lowest BCUT2D eigenvalue weighted by Gasteiger charge is -2.28. The molecule has 0 saturated carbocycles. The van der Waals surface area contributed by atoms with Crippen molar-refractivity contribution in [2.75, 3.05) is 21.3 Å². The van der Waals surface area contributed by atoms with Crippen LogP contribution in [0.1, 0.15) is 32.4 Å². The Kier molecular flexibility index (Phi) is 7.34. The topological polar surface area (TPSA) is 83.5 Å². The van der Waals surface area contributed by atoms with Crippen molar-refractivity contribution >= 4 is 5.97 Å². The number of hydrogen-bond acceptors (Lipinski definition) is 7. The molecule has 29 heavy (non-hydrogen) atoms. The van der Waals surface area contributed by atoms with Crippen molar-refractivity contribution < 1.29 is 33.6 Å². The van der Waals surface area contributed by atoms with Crippen LogP contribution >= 0.6 is 0 Å². The first-order valence-electron chi connectivity index (χ1n) is 9.12. The minimum absolute atomic E-state index is 0.311. The first-order chi connectivity index (χ1) is 13.7. The molecule has 0 spiro atoms. The van der Waals surface area contributed by atoms with E-state index in [1.165, 1.54) is 21.3 Å². The predicted molar refractivity (Wildman–Crippen MR) is 108 cm³/mol. The highest BCUT2D eigenvalue weighted by Gasteiger charge is 2.35. The van der Waals surface area contributed by atoms with E-state index in [1.54, 1.807) is 63.2 Å². The smallest absolute Gasteiger partial charge is 0.351 e. The van der Waals surface area contributed by atoms with Gasteiger partial charge in [-0.1, -0.05) is 18.2 Å². The van der Waals surface area contributed by atoms with E-state index in [0.29, 0.717) is 28.6 Å². The van der Waals surface area contributed by atoms with Crippen LogP contribution in [-0.2, 0) is 9.53 Å². The molecule has 0 aliphatic heterocycles. The SMILES string of the molecule is COc1ccc([C@@H](O)[C@@H](Oc2ccccc2OC)C(=O)OC(C)(C)C)cc1OC. The van der Waals surface area contributed by atoms with Crippen LogP contribution in [0.4, 0.5) is 0 Å². The van der Waals surface area contributed by atoms with Gasteiger partial charge in [-0.2, -0.15) is 0 Å². The van der Waals surface area contributed by atoms with Crippen LogP contribution in [0.3, 0.4) is 0 Å². The predicted octanol–water partition coefficient (Wildman–Crippen LogP) is 3.54. The third-order valence-electron chi connectivity index (χ3n) is 4.00. The number of carbonyl (C=O) groups excluding carboxylic acids is 1. The second-order valence-corrected chi connectivity index (χ2v) is 7.28. The molecule has 0 aliphatic rings. The molecule has 0 aromatic heterocycles. The van der Waals surface area contributed by atoms with Crippen molar-refractivity contribution in [1.82, 2.24) is 0 Å². The van der Waals surface area contributed by atoms with Gasteiger partial charge in [0.05, 0.1) is 21.3 Å². The molecule has 0 heterocycles. The van der Waals surface area contributed by atoms with Gasteiger partial charge in [0.15, 0.2) is 23.0 Å². The third kappa shape index (κ3) is 5.77. The van der Waals surface area contributed by atoms with Gasteiger partial charge < -0.3 is 28.8 Å². The van der Waals surface area contributed by atoms with Gasteiger partial charge in [0.2, 0.25) is 6.10 Å². The molecule has 0 aliphatic carbocycles. The number of benzene rings is 2. The first-order valence-corrected chi connectivity index (χ1v) is 9.12. The Morgan fingerprint density at radius 2 is 1.41 bits per heavy atom. The van der Waals surface area contributed by atoms with E-state index < -0.39 is 23.8 Å². The first kappa shape index (κ1) is 22.4. The molecule has 2 rings (SSSR count). The summed E-state index contributed by atoms with van der Waals surface area (Å²) in [6.45, 7) is 5.23. The number of aliphatic hydroxyl groups is 1. The van der Waals surface area contributed by atoms with E-state index >= 15 is 0 Å². The normalized spacial score (nSPS) is 13.2. The van der Waals surface area contributed by atoms with Gasteiger partial charge in [0.25, 0.3) is 0 Å². The minimum atomic E-state index is -1.33. The summed E-state index contributed by atoms with van der Waals surface area (Å²) in [7, 11) is 4.50. The average Bonchev–Trinajstić information content (AvgIpc) is 2.69. The number of ether oxygens (including phenoxy) is 5. The fourth-order valence-electron chi connectivity index (χ4n) is 2.67. The number of hydrogen-bond donors (Lipinski definition) is 1. The van der Waals surface area contributed by atoms with Gasteiger partial charge in [-0.3, -0.25) is 0 Å². The molecule has 0 fully saturated rings. The maximum atomic E-state index is 12.9. The highest BCUT2D eigenvalue weighted by Crippen LogP contribution is 2.34. The molecule has 158 valence electrons. The van der Waals surface area contributed by atoms with Crippen LogP contribution in [0, 0.1) is 0 Å². The monoisotopic (exact) mass is 404 g/mol. The van der Waals surface area contributed by atoms with Gasteiger partial charge in [0, 0.05) is 0 Å². The van der Waals surface area contributed by atoms with Gasteiger partial charge in [-0.25, -0.2) is 4.79 Å². The quantitative estimate of drug-likeness (QED) is 0.674. The van der Waals surface area contributed by atoms with E-state index in [4.69, 9.17) is 23.7 Å². The van der Waals surface area contributed by atoms with Crippen molar-refractivity contribution in [3.8, 4) is 23.0 Å². The summed E-state index contributed by atoms with van der Waals surface area (Å²) in [5.41, 5.74) is -0.343. The van der Waals surface area contributed by atoms with Gasteiger partial charge >= 0.3 is 5.97 Å². The Bertz CT molecular complexity index is 826. The van der Waals surface area contributed by atoms with Crippen LogP contribution in [0.2, 0.25) is 0 Å². The standard InChI is InChI=1S/C22H28O7/c1-22(2,3)29-21(24)20(28-17-10-8-7-9-15(17)25-4)19(23)14-11-12-16(26-5)18(13-14)27-6/h7-13,19-20,23H,1-6H3/t19-,20-/m1/s1. The lowest BCUT2D eigenvalue weighted by Crippen LogP contribution is -2.39. The second-order valence-electron chi connectivity index (χ2n) is 7.28. The van der Waals surface area contributed by atoms with Crippen molar-refractivity contribution in [2.45, 2.75) is 38.6 Å². The Morgan fingerprint density at radius 1 is 0.862 bits per heavy atom. The fourth-order valence-corrected chi connectivity index (χ4v) is 2.67. The molecule has 0 radical (unpaired) electrons. The Morgan fingerprint density at radius 3 is 1.97 bits per heavy atom. The van der Waals surface area contributed by atoms with Gasteiger partial charge in [-0.05, 0) is 50.6 Å². The summed E-state index contributed by atoms with van der Waals surface area (Å²) in [6.07, 6.45) is -2.65. The number of esters is 1. The van der Waals surface area contributed by atoms with Crippen LogP contribution in [0.25, 0.3) is 0 Å². The summed E-state index contributed by atoms with van der Waals surface area (Å²) < 4.78 is 27.1. The zero-order chi connectivity index (χ0) is 21.6. The van der Waals surface area contributed by atoms with Crippen molar-refractivity contribution in [3.05, 3.63) is 48.0 Å². The zero-order valence-electron chi connectivity index (χ0n) is 17.6. The highest BCUT2D eigenvalue weighted by atomic mass is 16.6. The number of aliphatic hydroxyl groups excluding tert-OH is 1. The lowest BCUT2D eigenvalue weighted by atomic mass is 10.0. The third-order valence-corrected chi connectivity index (χ3v) is 4.00. The Labute approximate surface area is 171 Å². The molecule has 2 aromatic rings. The number of carbonyl (C=O) groups is 1. The Balaban J connectivity index is 2.42. The summed E-state index contributed by atoms with van der Waals surface area (Å²) in [4.78, 5) is 12.9. The van der Waals surface area contributed by atoms with Gasteiger partial charge in [0.1, 0.15) is 11.7 Å². The molecule has 7 heteroatoms. The fraction of sp³-hybridized carbons (Fsp3) is 0.409. The van der Waals surface area contributed by atoms with Crippen LogP contribution < -0.4 is 18.9 Å². The number of rotatable bonds is 8. The van der Waals surface area contributed by atoms with Crippen LogP contribution in [0.15, 0.2) is 42.5 Å². The van der Waals surface area contributed by atoms with Crippen LogP contribution in [-0.4, -0.2) is 44.1 Å². The molecule has 0 unspecified atom stereocenters. The maximum Gasteiger partial charge on any atom is 0.351 e. The molecule has 0 saturated heterocycles. The molecular weight excluding hydrogens is 376 g/mol. The number of methoxy groups -OCH3 is 3. The largest absolute Gasteiger partial charge is 0.493 e. The summed E-state index contributed by atoms with van der Waals surface area (Å²) in [5, 5.41) is 11.0. The average molecular weight is 404 g/mol.